The Bertz CT molecular complexity index is 212. The summed E-state index contributed by atoms with van der Waals surface area (Å²) in [6, 6.07) is 0. The van der Waals surface area contributed by atoms with Gasteiger partial charge in [-0.15, -0.1) is 0 Å². The molecule has 4 N–H and O–H groups in total. The summed E-state index contributed by atoms with van der Waals surface area (Å²) < 4.78 is 14.7. The Balaban J connectivity index is 2.11. The van der Waals surface area contributed by atoms with E-state index in [9.17, 15) is 4.57 Å². The second kappa shape index (κ2) is 5.21. The molecule has 7 heteroatoms. The van der Waals surface area contributed by atoms with Crippen LogP contribution in [0, 0.1) is 5.92 Å². The zero-order valence-electron chi connectivity index (χ0n) is 8.00. The van der Waals surface area contributed by atoms with Crippen LogP contribution in [0.15, 0.2) is 0 Å². The zero-order valence-corrected chi connectivity index (χ0v) is 8.90. The van der Waals surface area contributed by atoms with Gasteiger partial charge in [-0.3, -0.25) is 10.4 Å². The monoisotopic (exact) mass is 224 g/mol. The van der Waals surface area contributed by atoms with Crippen LogP contribution < -0.4 is 5.84 Å². The normalized spacial score (nSPS) is 21.4. The van der Waals surface area contributed by atoms with Crippen LogP contribution in [0.1, 0.15) is 19.3 Å². The molecule has 0 aromatic carbocycles. The Morgan fingerprint density at radius 3 is 2.50 bits per heavy atom. The molecule has 0 radical (unpaired) electrons. The highest BCUT2D eigenvalue weighted by Gasteiger charge is 2.19. The molecule has 0 aromatic heterocycles. The fourth-order valence-electron chi connectivity index (χ4n) is 1.58. The summed E-state index contributed by atoms with van der Waals surface area (Å²) in [7, 11) is -4.28. The van der Waals surface area contributed by atoms with E-state index in [0.29, 0.717) is 12.3 Å². The van der Waals surface area contributed by atoms with Gasteiger partial charge in [0.1, 0.15) is 0 Å². The Labute approximate surface area is 83.2 Å². The lowest BCUT2D eigenvalue weighted by Gasteiger charge is -2.28. The Morgan fingerprint density at radius 1 is 1.43 bits per heavy atom. The molecule has 0 amide bonds. The highest BCUT2D eigenvalue weighted by atomic mass is 31.2. The van der Waals surface area contributed by atoms with Gasteiger partial charge in [0.05, 0.1) is 6.61 Å². The van der Waals surface area contributed by atoms with E-state index in [4.69, 9.17) is 15.6 Å². The van der Waals surface area contributed by atoms with Crippen LogP contribution in [-0.2, 0) is 9.09 Å². The molecule has 6 nitrogen and oxygen atoms in total. The number of hydrazine groups is 1. The predicted molar refractivity (Wildman–Crippen MR) is 51.1 cm³/mol. The molecule has 1 heterocycles. The van der Waals surface area contributed by atoms with E-state index in [1.54, 1.807) is 5.01 Å². The van der Waals surface area contributed by atoms with Crippen molar-refractivity contribution in [1.29, 1.82) is 0 Å². The van der Waals surface area contributed by atoms with E-state index in [1.807, 2.05) is 0 Å². The molecule has 0 aromatic rings. The van der Waals surface area contributed by atoms with Crippen LogP contribution in [0.5, 0.6) is 0 Å². The summed E-state index contributed by atoms with van der Waals surface area (Å²) in [5, 5.41) is 1.76. The SMILES string of the molecule is NN1CCC(CCOP(=O)(O)O)CC1. The highest BCUT2D eigenvalue weighted by molar-refractivity contribution is 7.46. The van der Waals surface area contributed by atoms with Gasteiger partial charge in [-0.2, -0.15) is 0 Å². The molecule has 1 fully saturated rings. The summed E-state index contributed by atoms with van der Waals surface area (Å²) >= 11 is 0. The van der Waals surface area contributed by atoms with Gasteiger partial charge in [0.25, 0.3) is 0 Å². The van der Waals surface area contributed by atoms with E-state index in [1.165, 1.54) is 0 Å². The van der Waals surface area contributed by atoms with E-state index < -0.39 is 7.82 Å². The lowest BCUT2D eigenvalue weighted by Crippen LogP contribution is -2.39. The number of phosphoric acid groups is 1. The van der Waals surface area contributed by atoms with Crippen LogP contribution in [-0.4, -0.2) is 34.5 Å². The first kappa shape index (κ1) is 12.1. The van der Waals surface area contributed by atoms with Gasteiger partial charge >= 0.3 is 7.82 Å². The van der Waals surface area contributed by atoms with Crippen molar-refractivity contribution in [2.24, 2.45) is 11.8 Å². The maximum Gasteiger partial charge on any atom is 0.469 e. The smallest absolute Gasteiger partial charge is 0.303 e. The summed E-state index contributed by atoms with van der Waals surface area (Å²) in [4.78, 5) is 16.9. The summed E-state index contributed by atoms with van der Waals surface area (Å²) in [5.74, 6) is 6.05. The van der Waals surface area contributed by atoms with Crippen molar-refractivity contribution in [2.45, 2.75) is 19.3 Å². The Morgan fingerprint density at radius 2 is 2.00 bits per heavy atom. The lowest BCUT2D eigenvalue weighted by molar-refractivity contribution is 0.147. The number of piperidine rings is 1. The molecule has 1 saturated heterocycles. The molecule has 84 valence electrons. The maximum atomic E-state index is 10.4. The minimum absolute atomic E-state index is 0.125. The average molecular weight is 224 g/mol. The third-order valence-electron chi connectivity index (χ3n) is 2.43. The van der Waals surface area contributed by atoms with Crippen molar-refractivity contribution >= 4 is 7.82 Å². The number of hydrogen-bond acceptors (Lipinski definition) is 4. The molecule has 0 atom stereocenters. The van der Waals surface area contributed by atoms with E-state index in [2.05, 4.69) is 4.52 Å². The van der Waals surface area contributed by atoms with Gasteiger partial charge in [-0.25, -0.2) is 9.57 Å². The largest absolute Gasteiger partial charge is 0.469 e. The highest BCUT2D eigenvalue weighted by Crippen LogP contribution is 2.36. The van der Waals surface area contributed by atoms with Gasteiger partial charge in [0, 0.05) is 13.1 Å². The second-order valence-corrected chi connectivity index (χ2v) is 4.83. The number of nitrogens with two attached hydrogens (primary N) is 1. The first-order valence-electron chi connectivity index (χ1n) is 4.67. The van der Waals surface area contributed by atoms with Gasteiger partial charge in [0.15, 0.2) is 0 Å². The quantitative estimate of drug-likeness (QED) is 0.462. The minimum atomic E-state index is -4.28. The molecule has 1 aliphatic rings. The van der Waals surface area contributed by atoms with Crippen molar-refractivity contribution in [3.05, 3.63) is 0 Å². The van der Waals surface area contributed by atoms with Crippen molar-refractivity contribution < 1.29 is 18.9 Å². The fraction of sp³-hybridized carbons (Fsp3) is 1.00. The van der Waals surface area contributed by atoms with Crippen molar-refractivity contribution in [3.8, 4) is 0 Å². The van der Waals surface area contributed by atoms with Crippen LogP contribution >= 0.6 is 7.82 Å². The lowest BCUT2D eigenvalue weighted by atomic mass is 9.95. The van der Waals surface area contributed by atoms with Crippen molar-refractivity contribution in [1.82, 2.24) is 5.01 Å². The van der Waals surface area contributed by atoms with Crippen LogP contribution in [0.25, 0.3) is 0 Å². The van der Waals surface area contributed by atoms with E-state index in [-0.39, 0.29) is 6.61 Å². The molecule has 14 heavy (non-hydrogen) atoms. The van der Waals surface area contributed by atoms with Crippen molar-refractivity contribution in [3.63, 3.8) is 0 Å². The number of hydrogen-bond donors (Lipinski definition) is 3. The standard InChI is InChI=1S/C7H17N2O4P/c8-9-4-1-7(2-5-9)3-6-13-14(10,11)12/h7H,1-6,8H2,(H2,10,11,12). The van der Waals surface area contributed by atoms with Crippen molar-refractivity contribution in [2.75, 3.05) is 19.7 Å². The zero-order chi connectivity index (χ0) is 10.6. The summed E-state index contributed by atoms with van der Waals surface area (Å²) in [6.45, 7) is 1.82. The molecule has 1 aliphatic heterocycles. The van der Waals surface area contributed by atoms with Gasteiger partial charge in [-0.1, -0.05) is 0 Å². The topological polar surface area (TPSA) is 96.0 Å². The molecule has 0 aliphatic carbocycles. The number of nitrogens with zero attached hydrogens (tertiary/aromatic N) is 1. The molecule has 1 rings (SSSR count). The van der Waals surface area contributed by atoms with E-state index in [0.717, 1.165) is 25.9 Å². The average Bonchev–Trinajstić information content (AvgIpc) is 2.06. The van der Waals surface area contributed by atoms with Crippen LogP contribution in [0.2, 0.25) is 0 Å². The Kier molecular flexibility index (Phi) is 4.50. The van der Waals surface area contributed by atoms with Gasteiger partial charge in [-0.05, 0) is 25.2 Å². The maximum absolute atomic E-state index is 10.4. The molecule has 0 spiro atoms. The molecule has 0 bridgehead atoms. The first-order valence-corrected chi connectivity index (χ1v) is 6.20. The Hall–Kier alpha value is 0.0300. The third-order valence-corrected chi connectivity index (χ3v) is 2.95. The summed E-state index contributed by atoms with van der Waals surface area (Å²) in [5.41, 5.74) is 0. The molecule has 0 saturated carbocycles. The number of phosphoric ester groups is 1. The third kappa shape index (κ3) is 5.05. The van der Waals surface area contributed by atoms with Crippen LogP contribution in [0.4, 0.5) is 0 Å². The van der Waals surface area contributed by atoms with Crippen LogP contribution in [0.3, 0.4) is 0 Å². The summed E-state index contributed by atoms with van der Waals surface area (Å²) in [6.07, 6.45) is 2.64. The minimum Gasteiger partial charge on any atom is -0.303 e. The molecule has 0 unspecified atom stereocenters. The van der Waals surface area contributed by atoms with E-state index >= 15 is 0 Å². The molecular formula is C7H17N2O4P. The van der Waals surface area contributed by atoms with Gasteiger partial charge in [0.2, 0.25) is 0 Å². The fourth-order valence-corrected chi connectivity index (χ4v) is 1.92. The molecular weight excluding hydrogens is 207 g/mol. The van der Waals surface area contributed by atoms with Gasteiger partial charge < -0.3 is 9.79 Å². The second-order valence-electron chi connectivity index (χ2n) is 3.59. The number of rotatable bonds is 4. The first-order chi connectivity index (χ1) is 6.47. The predicted octanol–water partition coefficient (Wildman–Crippen LogP) is 0.0715.